The van der Waals surface area contributed by atoms with Crippen LogP contribution in [0.25, 0.3) is 0 Å². The first-order chi connectivity index (χ1) is 9.63. The third kappa shape index (κ3) is 2.76. The summed E-state index contributed by atoms with van der Waals surface area (Å²) in [5, 5.41) is 9.02. The molecule has 4 heteroatoms. The van der Waals surface area contributed by atoms with Gasteiger partial charge in [0.2, 0.25) is 0 Å². The lowest BCUT2D eigenvalue weighted by Gasteiger charge is -2.04. The van der Waals surface area contributed by atoms with Gasteiger partial charge in [0.15, 0.2) is 0 Å². The predicted molar refractivity (Wildman–Crippen MR) is 84.0 cm³/mol. The molecule has 0 saturated carbocycles. The van der Waals surface area contributed by atoms with Crippen molar-refractivity contribution in [2.75, 3.05) is 0 Å². The number of aromatic carboxylic acids is 1. The van der Waals surface area contributed by atoms with Gasteiger partial charge in [0.1, 0.15) is 4.88 Å². The van der Waals surface area contributed by atoms with Gasteiger partial charge in [-0.2, -0.15) is 0 Å². The van der Waals surface area contributed by atoms with E-state index in [1.165, 1.54) is 46.6 Å². The molecule has 1 aliphatic rings. The average molecular weight is 304 g/mol. The first kappa shape index (κ1) is 13.7. The summed E-state index contributed by atoms with van der Waals surface area (Å²) in [6.45, 7) is 2.00. The summed E-state index contributed by atoms with van der Waals surface area (Å²) in [6, 6.07) is 8.54. The second-order valence-corrected chi connectivity index (χ2v) is 7.38. The minimum absolute atomic E-state index is 0.437. The number of carbonyl (C=O) groups is 1. The van der Waals surface area contributed by atoms with Gasteiger partial charge in [-0.25, -0.2) is 4.79 Å². The maximum Gasteiger partial charge on any atom is 0.345 e. The lowest BCUT2D eigenvalue weighted by molar-refractivity contribution is 0.0702. The lowest BCUT2D eigenvalue weighted by atomic mass is 10.1. The minimum Gasteiger partial charge on any atom is -0.477 e. The number of hydrogen-bond acceptors (Lipinski definition) is 3. The summed E-state index contributed by atoms with van der Waals surface area (Å²) < 4.78 is 0. The Morgan fingerprint density at radius 1 is 1.30 bits per heavy atom. The molecule has 0 radical (unpaired) electrons. The molecule has 2 nitrogen and oxygen atoms in total. The van der Waals surface area contributed by atoms with Gasteiger partial charge in [-0.1, -0.05) is 6.07 Å². The lowest BCUT2D eigenvalue weighted by Crippen LogP contribution is -1.90. The third-order valence-electron chi connectivity index (χ3n) is 3.70. The fourth-order valence-corrected chi connectivity index (χ4v) is 4.55. The summed E-state index contributed by atoms with van der Waals surface area (Å²) in [7, 11) is 0. The fourth-order valence-electron chi connectivity index (χ4n) is 2.57. The van der Waals surface area contributed by atoms with E-state index in [4.69, 9.17) is 5.11 Å². The van der Waals surface area contributed by atoms with Crippen molar-refractivity contribution < 1.29 is 9.90 Å². The normalized spacial score (nSPS) is 13.4. The van der Waals surface area contributed by atoms with E-state index in [0.717, 1.165) is 16.2 Å². The first-order valence-corrected chi connectivity index (χ1v) is 8.51. The molecule has 20 heavy (non-hydrogen) atoms. The van der Waals surface area contributed by atoms with E-state index >= 15 is 0 Å². The molecule has 1 heterocycles. The van der Waals surface area contributed by atoms with Gasteiger partial charge in [-0.05, 0) is 61.1 Å². The number of aryl methyl sites for hydroxylation is 3. The molecule has 1 N–H and O–H groups in total. The van der Waals surface area contributed by atoms with E-state index in [-0.39, 0.29) is 0 Å². The number of rotatable bonds is 4. The highest BCUT2D eigenvalue weighted by atomic mass is 32.2. The molecule has 0 unspecified atom stereocenters. The largest absolute Gasteiger partial charge is 0.477 e. The molecule has 0 amide bonds. The number of carboxylic acids is 1. The monoisotopic (exact) mass is 304 g/mol. The van der Waals surface area contributed by atoms with Crippen molar-refractivity contribution in [3.05, 3.63) is 50.7 Å². The molecule has 1 aromatic carbocycles. The van der Waals surface area contributed by atoms with Gasteiger partial charge >= 0.3 is 5.97 Å². The molecule has 1 aromatic heterocycles. The molecular weight excluding hydrogens is 288 g/mol. The van der Waals surface area contributed by atoms with E-state index in [0.29, 0.717) is 4.88 Å². The molecule has 0 bridgehead atoms. The van der Waals surface area contributed by atoms with Crippen LogP contribution in [-0.2, 0) is 18.6 Å². The number of thiophene rings is 1. The second kappa shape index (κ2) is 5.62. The molecule has 104 valence electrons. The molecule has 0 aliphatic heterocycles. The van der Waals surface area contributed by atoms with Gasteiger partial charge in [-0.3, -0.25) is 0 Å². The quantitative estimate of drug-likeness (QED) is 0.843. The number of thioether (sulfide) groups is 1. The van der Waals surface area contributed by atoms with Crippen molar-refractivity contribution in [2.45, 2.75) is 36.8 Å². The second-order valence-electron chi connectivity index (χ2n) is 5.07. The molecule has 3 rings (SSSR count). The Kier molecular flexibility index (Phi) is 3.85. The Morgan fingerprint density at radius 3 is 2.85 bits per heavy atom. The van der Waals surface area contributed by atoms with Gasteiger partial charge in [0.05, 0.1) is 0 Å². The zero-order valence-electron chi connectivity index (χ0n) is 11.3. The molecule has 0 saturated heterocycles. The van der Waals surface area contributed by atoms with E-state index < -0.39 is 5.97 Å². The number of carboxylic acid groups (broad SMARTS) is 1. The van der Waals surface area contributed by atoms with Crippen LogP contribution in [0.4, 0.5) is 0 Å². The Hall–Kier alpha value is -1.26. The number of hydrogen-bond donors (Lipinski definition) is 1. The molecule has 2 aromatic rings. The Labute approximate surface area is 126 Å². The van der Waals surface area contributed by atoms with Crippen molar-refractivity contribution in [2.24, 2.45) is 0 Å². The van der Waals surface area contributed by atoms with Crippen LogP contribution in [0.1, 0.15) is 37.7 Å². The van der Waals surface area contributed by atoms with Crippen LogP contribution in [0.2, 0.25) is 0 Å². The van der Waals surface area contributed by atoms with Gasteiger partial charge < -0.3 is 5.11 Å². The smallest absolute Gasteiger partial charge is 0.345 e. The van der Waals surface area contributed by atoms with Crippen molar-refractivity contribution in [1.29, 1.82) is 0 Å². The van der Waals surface area contributed by atoms with Crippen LogP contribution >= 0.6 is 23.1 Å². The number of benzene rings is 1. The topological polar surface area (TPSA) is 37.3 Å². The fraction of sp³-hybridized carbons (Fsp3) is 0.312. The summed E-state index contributed by atoms with van der Waals surface area (Å²) in [4.78, 5) is 13.8. The van der Waals surface area contributed by atoms with Crippen LogP contribution in [-0.4, -0.2) is 11.1 Å². The van der Waals surface area contributed by atoms with Crippen LogP contribution < -0.4 is 0 Å². The summed E-state index contributed by atoms with van der Waals surface area (Å²) in [5.74, 6) is 0.0147. The van der Waals surface area contributed by atoms with E-state index in [1.807, 2.05) is 13.0 Å². The number of fused-ring (bicyclic) bond motifs is 1. The van der Waals surface area contributed by atoms with E-state index in [9.17, 15) is 4.79 Å². The van der Waals surface area contributed by atoms with Crippen molar-refractivity contribution >= 4 is 29.1 Å². The Morgan fingerprint density at radius 2 is 2.10 bits per heavy atom. The first-order valence-electron chi connectivity index (χ1n) is 6.70. The summed E-state index contributed by atoms with van der Waals surface area (Å²) in [5.41, 5.74) is 4.12. The summed E-state index contributed by atoms with van der Waals surface area (Å²) >= 11 is 3.16. The zero-order chi connectivity index (χ0) is 14.1. The van der Waals surface area contributed by atoms with Gasteiger partial charge in [0.25, 0.3) is 0 Å². The Balaban J connectivity index is 1.72. The van der Waals surface area contributed by atoms with Crippen molar-refractivity contribution in [1.82, 2.24) is 0 Å². The van der Waals surface area contributed by atoms with Crippen molar-refractivity contribution in [3.8, 4) is 0 Å². The molecule has 1 aliphatic carbocycles. The average Bonchev–Trinajstić information content (AvgIpc) is 3.02. The minimum atomic E-state index is -0.827. The third-order valence-corrected chi connectivity index (χ3v) is 5.82. The van der Waals surface area contributed by atoms with Crippen LogP contribution in [0.15, 0.2) is 29.2 Å². The summed E-state index contributed by atoms with van der Waals surface area (Å²) in [6.07, 6.45) is 3.69. The molecule has 0 spiro atoms. The highest BCUT2D eigenvalue weighted by Crippen LogP contribution is 2.32. The van der Waals surface area contributed by atoms with E-state index in [2.05, 4.69) is 18.2 Å². The highest BCUT2D eigenvalue weighted by Gasteiger charge is 2.13. The molecule has 0 atom stereocenters. The Bertz CT molecular complexity index is 658. The highest BCUT2D eigenvalue weighted by molar-refractivity contribution is 7.98. The zero-order valence-corrected chi connectivity index (χ0v) is 12.9. The van der Waals surface area contributed by atoms with Crippen LogP contribution in [0.5, 0.6) is 0 Å². The van der Waals surface area contributed by atoms with E-state index in [1.54, 1.807) is 11.8 Å². The van der Waals surface area contributed by atoms with Crippen molar-refractivity contribution in [3.63, 3.8) is 0 Å². The van der Waals surface area contributed by atoms with Gasteiger partial charge in [0, 0.05) is 15.5 Å². The SMILES string of the molecule is Cc1sc(C(=O)O)cc1CSc1ccc2c(c1)CCC2. The van der Waals surface area contributed by atoms with Crippen LogP contribution in [0.3, 0.4) is 0 Å². The van der Waals surface area contributed by atoms with Gasteiger partial charge in [-0.15, -0.1) is 23.1 Å². The maximum atomic E-state index is 11.0. The molecular formula is C16H16O2S2. The maximum absolute atomic E-state index is 11.0. The van der Waals surface area contributed by atoms with Crippen LogP contribution in [0, 0.1) is 6.92 Å². The predicted octanol–water partition coefficient (Wildman–Crippen LogP) is 4.54. The standard InChI is InChI=1S/C16H16O2S2/c1-10-13(8-15(20-10)16(17)18)9-19-14-6-5-11-3-2-4-12(11)7-14/h5-8H,2-4,9H2,1H3,(H,17,18). The molecule has 0 fully saturated rings.